The highest BCUT2D eigenvalue weighted by Gasteiger charge is 2.35. The van der Waals surface area contributed by atoms with Gasteiger partial charge in [0.15, 0.2) is 0 Å². The molecular formula is C29H29ClFNO4. The largest absolute Gasteiger partial charge is 0.487 e. The third-order valence-electron chi connectivity index (χ3n) is 6.41. The second-order valence-electron chi connectivity index (χ2n) is 9.50. The van der Waals surface area contributed by atoms with Crippen molar-refractivity contribution in [2.24, 2.45) is 0 Å². The van der Waals surface area contributed by atoms with Crippen LogP contribution in [0.15, 0.2) is 66.7 Å². The second kappa shape index (κ2) is 11.1. The van der Waals surface area contributed by atoms with Crippen molar-refractivity contribution in [3.63, 3.8) is 0 Å². The Hall–Kier alpha value is -3.38. The van der Waals surface area contributed by atoms with Gasteiger partial charge in [-0.3, -0.25) is 9.59 Å². The molecule has 0 aliphatic carbocycles. The van der Waals surface area contributed by atoms with Crippen molar-refractivity contribution in [1.82, 2.24) is 4.90 Å². The lowest BCUT2D eigenvalue weighted by Crippen LogP contribution is -2.34. The molecular weight excluding hydrogens is 481 g/mol. The van der Waals surface area contributed by atoms with Crippen LogP contribution in [0.4, 0.5) is 4.39 Å². The van der Waals surface area contributed by atoms with Gasteiger partial charge in [0, 0.05) is 31.5 Å². The maximum Gasteiger partial charge on any atom is 0.305 e. The molecule has 1 N–H and O–H groups in total. The minimum atomic E-state index is -0.937. The van der Waals surface area contributed by atoms with Crippen LogP contribution in [-0.2, 0) is 24.1 Å². The van der Waals surface area contributed by atoms with Gasteiger partial charge in [-0.25, -0.2) is 4.39 Å². The minimum Gasteiger partial charge on any atom is -0.487 e. The highest BCUT2D eigenvalue weighted by atomic mass is 35.5. The number of benzene rings is 3. The molecule has 0 saturated heterocycles. The van der Waals surface area contributed by atoms with Crippen LogP contribution < -0.4 is 4.74 Å². The second-order valence-corrected chi connectivity index (χ2v) is 9.91. The van der Waals surface area contributed by atoms with Gasteiger partial charge in [0.05, 0.1) is 11.4 Å². The Labute approximate surface area is 215 Å². The molecule has 1 aliphatic heterocycles. The van der Waals surface area contributed by atoms with E-state index in [1.54, 1.807) is 23.1 Å². The first kappa shape index (κ1) is 25.7. The number of rotatable bonds is 10. The fourth-order valence-electron chi connectivity index (χ4n) is 4.68. The van der Waals surface area contributed by atoms with Crippen molar-refractivity contribution in [2.45, 2.75) is 44.6 Å². The zero-order chi connectivity index (χ0) is 25.7. The third-order valence-corrected chi connectivity index (χ3v) is 6.72. The molecule has 0 aromatic heterocycles. The van der Waals surface area contributed by atoms with E-state index in [-0.39, 0.29) is 23.9 Å². The number of ether oxygens (including phenoxy) is 1. The highest BCUT2D eigenvalue weighted by Crippen LogP contribution is 2.38. The Morgan fingerprint density at radius 2 is 1.83 bits per heavy atom. The number of carboxylic acid groups (broad SMARTS) is 1. The maximum absolute atomic E-state index is 13.9. The van der Waals surface area contributed by atoms with Crippen molar-refractivity contribution in [2.75, 3.05) is 13.1 Å². The Bertz CT molecular complexity index is 1250. The Morgan fingerprint density at radius 1 is 1.06 bits per heavy atom. The van der Waals surface area contributed by atoms with Crippen molar-refractivity contribution in [3.05, 3.63) is 99.8 Å². The molecule has 4 rings (SSSR count). The molecule has 0 bridgehead atoms. The number of hydrogen-bond donors (Lipinski definition) is 1. The molecule has 0 unspecified atom stereocenters. The molecule has 3 aromatic rings. The standard InChI is InChI=1S/C29H29ClFNO4/c1-29(18-21-9-11-24(30)25(31)16-21)19-23-17-22(10-12-26(23)36-29)28(35)32(15-13-27(33)34)14-5-8-20-6-3-2-4-7-20/h2-4,6-7,9-12,16-17H,5,8,13-15,18-19H2,1H3,(H,33,34)/t29-/m1/s1. The van der Waals surface area contributed by atoms with Crippen LogP contribution in [0.1, 0.15) is 46.8 Å². The third kappa shape index (κ3) is 6.43. The molecule has 1 atom stereocenters. The van der Waals surface area contributed by atoms with Gasteiger partial charge >= 0.3 is 5.97 Å². The Kier molecular flexibility index (Phi) is 7.94. The van der Waals surface area contributed by atoms with Gasteiger partial charge in [-0.1, -0.05) is 48.0 Å². The summed E-state index contributed by atoms with van der Waals surface area (Å²) in [6, 6.07) is 20.1. The monoisotopic (exact) mass is 509 g/mol. The van der Waals surface area contributed by atoms with Crippen LogP contribution in [0.3, 0.4) is 0 Å². The van der Waals surface area contributed by atoms with Crippen LogP contribution in [0.5, 0.6) is 5.75 Å². The molecule has 0 spiro atoms. The number of aryl methyl sites for hydroxylation is 1. The van der Waals surface area contributed by atoms with Crippen LogP contribution in [0.25, 0.3) is 0 Å². The number of carbonyl (C=O) groups is 2. The summed E-state index contributed by atoms with van der Waals surface area (Å²) in [5.74, 6) is -0.896. The van der Waals surface area contributed by atoms with Crippen LogP contribution in [0.2, 0.25) is 5.02 Å². The summed E-state index contributed by atoms with van der Waals surface area (Å²) in [5.41, 5.74) is 2.78. The number of fused-ring (bicyclic) bond motifs is 1. The quantitative estimate of drug-likeness (QED) is 0.366. The SMILES string of the molecule is C[C@@]1(Cc2ccc(Cl)c(F)c2)Cc2cc(C(=O)N(CCCc3ccccc3)CCC(=O)O)ccc2O1. The number of hydrogen-bond acceptors (Lipinski definition) is 3. The predicted octanol–water partition coefficient (Wildman–Crippen LogP) is 5.97. The summed E-state index contributed by atoms with van der Waals surface area (Å²) in [6.45, 7) is 2.58. The normalized spacial score (nSPS) is 16.3. The number of halogens is 2. The number of amides is 1. The molecule has 1 aliphatic rings. The summed E-state index contributed by atoms with van der Waals surface area (Å²) in [6.07, 6.45) is 2.49. The van der Waals surface area contributed by atoms with E-state index in [9.17, 15) is 19.1 Å². The molecule has 0 fully saturated rings. The Morgan fingerprint density at radius 3 is 2.56 bits per heavy atom. The molecule has 1 amide bonds. The van der Waals surface area contributed by atoms with E-state index in [0.29, 0.717) is 30.7 Å². The smallest absolute Gasteiger partial charge is 0.305 e. The number of aliphatic carboxylic acids is 1. The Balaban J connectivity index is 1.45. The average Bonchev–Trinajstić information content (AvgIpc) is 3.18. The maximum atomic E-state index is 13.9. The van der Waals surface area contributed by atoms with Gasteiger partial charge < -0.3 is 14.7 Å². The van der Waals surface area contributed by atoms with E-state index >= 15 is 0 Å². The first-order valence-corrected chi connectivity index (χ1v) is 12.4. The summed E-state index contributed by atoms with van der Waals surface area (Å²) < 4.78 is 20.1. The molecule has 0 saturated carbocycles. The van der Waals surface area contributed by atoms with E-state index in [0.717, 1.165) is 24.0 Å². The molecule has 1 heterocycles. The molecule has 0 radical (unpaired) electrons. The fraction of sp³-hybridized carbons (Fsp3) is 0.310. The van der Waals surface area contributed by atoms with Crippen LogP contribution in [-0.4, -0.2) is 40.6 Å². The zero-order valence-corrected chi connectivity index (χ0v) is 20.9. The van der Waals surface area contributed by atoms with Gasteiger partial charge in [-0.05, 0) is 66.8 Å². The van der Waals surface area contributed by atoms with E-state index in [1.807, 2.05) is 43.3 Å². The van der Waals surface area contributed by atoms with Crippen LogP contribution >= 0.6 is 11.6 Å². The fourth-order valence-corrected chi connectivity index (χ4v) is 4.80. The summed E-state index contributed by atoms with van der Waals surface area (Å²) in [7, 11) is 0. The highest BCUT2D eigenvalue weighted by molar-refractivity contribution is 6.30. The molecule has 5 nitrogen and oxygen atoms in total. The van der Waals surface area contributed by atoms with E-state index in [2.05, 4.69) is 0 Å². The van der Waals surface area contributed by atoms with Crippen molar-refractivity contribution in [1.29, 1.82) is 0 Å². The lowest BCUT2D eigenvalue weighted by molar-refractivity contribution is -0.137. The zero-order valence-electron chi connectivity index (χ0n) is 20.2. The molecule has 3 aromatic carbocycles. The van der Waals surface area contributed by atoms with Gasteiger partial charge in [0.1, 0.15) is 17.2 Å². The minimum absolute atomic E-state index is 0.0823. The van der Waals surface area contributed by atoms with Gasteiger partial charge in [-0.2, -0.15) is 0 Å². The van der Waals surface area contributed by atoms with Crippen LogP contribution in [0, 0.1) is 5.82 Å². The van der Waals surface area contributed by atoms with E-state index < -0.39 is 17.4 Å². The molecule has 36 heavy (non-hydrogen) atoms. The van der Waals surface area contributed by atoms with Crippen molar-refractivity contribution < 1.29 is 23.8 Å². The lowest BCUT2D eigenvalue weighted by atomic mass is 9.91. The number of carboxylic acids is 1. The lowest BCUT2D eigenvalue weighted by Gasteiger charge is -2.24. The summed E-state index contributed by atoms with van der Waals surface area (Å²) in [5, 5.41) is 9.25. The van der Waals surface area contributed by atoms with Gasteiger partial charge in [0.25, 0.3) is 5.91 Å². The van der Waals surface area contributed by atoms with Gasteiger partial charge in [0.2, 0.25) is 0 Å². The molecule has 188 valence electrons. The summed E-state index contributed by atoms with van der Waals surface area (Å²) >= 11 is 5.81. The predicted molar refractivity (Wildman–Crippen MR) is 137 cm³/mol. The average molecular weight is 510 g/mol. The van der Waals surface area contributed by atoms with E-state index in [1.165, 1.54) is 17.7 Å². The van der Waals surface area contributed by atoms with Gasteiger partial charge in [-0.15, -0.1) is 0 Å². The van der Waals surface area contributed by atoms with E-state index in [4.69, 9.17) is 16.3 Å². The first-order chi connectivity index (χ1) is 17.2. The first-order valence-electron chi connectivity index (χ1n) is 12.0. The van der Waals surface area contributed by atoms with Crippen molar-refractivity contribution >= 4 is 23.5 Å². The molecule has 7 heteroatoms. The summed E-state index contributed by atoms with van der Waals surface area (Å²) in [4.78, 5) is 26.2. The topological polar surface area (TPSA) is 66.8 Å². The number of nitrogens with zero attached hydrogens (tertiary/aromatic N) is 1. The van der Waals surface area contributed by atoms with Crippen molar-refractivity contribution in [3.8, 4) is 5.75 Å². The number of carbonyl (C=O) groups excluding carboxylic acids is 1.